The lowest BCUT2D eigenvalue weighted by Gasteiger charge is -2.17. The van der Waals surface area contributed by atoms with Crippen LogP contribution in [0.15, 0.2) is 0 Å². The molecule has 0 spiro atoms. The Hall–Kier alpha value is -1.06. The van der Waals surface area contributed by atoms with Crippen molar-refractivity contribution in [2.45, 2.75) is 66.7 Å². The first kappa shape index (κ1) is 18.9. The highest BCUT2D eigenvalue weighted by Crippen LogP contribution is 2.12. The van der Waals surface area contributed by atoms with E-state index in [9.17, 15) is 9.59 Å². The molecule has 0 aliphatic rings. The highest BCUT2D eigenvalue weighted by atomic mass is 16.2. The topological polar surface area (TPSA) is 58.2 Å². The van der Waals surface area contributed by atoms with Gasteiger partial charge in [0.2, 0.25) is 11.8 Å². The van der Waals surface area contributed by atoms with Crippen molar-refractivity contribution in [1.82, 2.24) is 10.6 Å². The van der Waals surface area contributed by atoms with Gasteiger partial charge in [-0.1, -0.05) is 53.9 Å². The van der Waals surface area contributed by atoms with E-state index in [1.165, 1.54) is 0 Å². The molecule has 0 aliphatic heterocycles. The smallest absolute Gasteiger partial charge is 0.225 e. The SMILES string of the molecule is CC(C)C(=O)NCCCCCCCNC(=O)C(C)(C)C. The van der Waals surface area contributed by atoms with Crippen LogP contribution in [0.2, 0.25) is 0 Å². The molecule has 20 heavy (non-hydrogen) atoms. The summed E-state index contributed by atoms with van der Waals surface area (Å²) in [5.74, 6) is 0.324. The van der Waals surface area contributed by atoms with E-state index in [0.717, 1.165) is 45.2 Å². The molecule has 2 amide bonds. The summed E-state index contributed by atoms with van der Waals surface area (Å²) in [6.45, 7) is 11.1. The van der Waals surface area contributed by atoms with Crippen LogP contribution in [0.3, 0.4) is 0 Å². The van der Waals surface area contributed by atoms with E-state index in [-0.39, 0.29) is 23.1 Å². The first-order chi connectivity index (χ1) is 9.25. The second-order valence-corrected chi connectivity index (χ2v) is 6.72. The van der Waals surface area contributed by atoms with Gasteiger partial charge in [0.1, 0.15) is 0 Å². The molecule has 0 radical (unpaired) electrons. The van der Waals surface area contributed by atoms with E-state index in [1.807, 2.05) is 34.6 Å². The van der Waals surface area contributed by atoms with Crippen LogP contribution in [0.5, 0.6) is 0 Å². The van der Waals surface area contributed by atoms with Crippen molar-refractivity contribution in [1.29, 1.82) is 0 Å². The van der Waals surface area contributed by atoms with E-state index in [0.29, 0.717) is 0 Å². The van der Waals surface area contributed by atoms with Gasteiger partial charge in [0, 0.05) is 24.4 Å². The standard InChI is InChI=1S/C16H32N2O2/c1-13(2)14(19)17-11-9-7-6-8-10-12-18-15(20)16(3,4)5/h13H,6-12H2,1-5H3,(H,17,19)(H,18,20). The molecule has 2 N–H and O–H groups in total. The second kappa shape index (κ2) is 9.78. The van der Waals surface area contributed by atoms with Crippen LogP contribution in [0.1, 0.15) is 66.7 Å². The average Bonchev–Trinajstić information content (AvgIpc) is 2.34. The Bertz CT molecular complexity index is 293. The first-order valence-corrected chi connectivity index (χ1v) is 7.81. The largest absolute Gasteiger partial charge is 0.356 e. The molecule has 0 fully saturated rings. The number of unbranched alkanes of at least 4 members (excludes halogenated alkanes) is 4. The minimum absolute atomic E-state index is 0.0708. The van der Waals surface area contributed by atoms with Gasteiger partial charge in [0.05, 0.1) is 0 Å². The van der Waals surface area contributed by atoms with Crippen LogP contribution < -0.4 is 10.6 Å². The number of hydrogen-bond donors (Lipinski definition) is 2. The molecule has 0 aromatic rings. The highest BCUT2D eigenvalue weighted by Gasteiger charge is 2.19. The van der Waals surface area contributed by atoms with Crippen molar-refractivity contribution in [2.75, 3.05) is 13.1 Å². The molecule has 0 unspecified atom stereocenters. The van der Waals surface area contributed by atoms with Crippen molar-refractivity contribution >= 4 is 11.8 Å². The molecular formula is C16H32N2O2. The van der Waals surface area contributed by atoms with Crippen LogP contribution in [-0.2, 0) is 9.59 Å². The predicted octanol–water partition coefficient (Wildman–Crippen LogP) is 2.87. The van der Waals surface area contributed by atoms with Gasteiger partial charge in [-0.2, -0.15) is 0 Å². The Labute approximate surface area is 124 Å². The van der Waals surface area contributed by atoms with Gasteiger partial charge in [0.15, 0.2) is 0 Å². The molecule has 4 nitrogen and oxygen atoms in total. The van der Waals surface area contributed by atoms with E-state index in [1.54, 1.807) is 0 Å². The normalized spacial score (nSPS) is 11.5. The van der Waals surface area contributed by atoms with Gasteiger partial charge in [-0.05, 0) is 12.8 Å². The fourth-order valence-corrected chi connectivity index (χ4v) is 1.66. The molecule has 0 bridgehead atoms. The minimum atomic E-state index is -0.297. The number of rotatable bonds is 9. The Morgan fingerprint density at radius 3 is 1.75 bits per heavy atom. The lowest BCUT2D eigenvalue weighted by atomic mass is 9.96. The number of nitrogens with one attached hydrogen (secondary N) is 2. The summed E-state index contributed by atoms with van der Waals surface area (Å²) in [5.41, 5.74) is -0.297. The van der Waals surface area contributed by atoms with E-state index >= 15 is 0 Å². The summed E-state index contributed by atoms with van der Waals surface area (Å²) in [6.07, 6.45) is 5.48. The van der Waals surface area contributed by atoms with Crippen molar-refractivity contribution in [2.24, 2.45) is 11.3 Å². The number of hydrogen-bond acceptors (Lipinski definition) is 2. The molecule has 0 saturated heterocycles. The maximum Gasteiger partial charge on any atom is 0.225 e. The quantitative estimate of drug-likeness (QED) is 0.640. The minimum Gasteiger partial charge on any atom is -0.356 e. The lowest BCUT2D eigenvalue weighted by molar-refractivity contribution is -0.128. The zero-order valence-corrected chi connectivity index (χ0v) is 13.8. The molecule has 0 aromatic carbocycles. The molecule has 0 saturated carbocycles. The Balaban J connectivity index is 3.34. The Morgan fingerprint density at radius 2 is 1.30 bits per heavy atom. The molecule has 0 aliphatic carbocycles. The second-order valence-electron chi connectivity index (χ2n) is 6.72. The monoisotopic (exact) mass is 284 g/mol. The van der Waals surface area contributed by atoms with Gasteiger partial charge in [-0.3, -0.25) is 9.59 Å². The summed E-state index contributed by atoms with van der Waals surface area (Å²) >= 11 is 0. The molecular weight excluding hydrogens is 252 g/mol. The Morgan fingerprint density at radius 1 is 0.850 bits per heavy atom. The number of carbonyl (C=O) groups is 2. The summed E-state index contributed by atoms with van der Waals surface area (Å²) in [4.78, 5) is 22.9. The predicted molar refractivity (Wildman–Crippen MR) is 83.4 cm³/mol. The molecule has 0 heterocycles. The fraction of sp³-hybridized carbons (Fsp3) is 0.875. The lowest BCUT2D eigenvalue weighted by Crippen LogP contribution is -2.35. The van der Waals surface area contributed by atoms with E-state index < -0.39 is 0 Å². The van der Waals surface area contributed by atoms with Gasteiger partial charge in [-0.25, -0.2) is 0 Å². The summed E-state index contributed by atoms with van der Waals surface area (Å²) < 4.78 is 0. The number of carbonyl (C=O) groups excluding carboxylic acids is 2. The third-order valence-corrected chi connectivity index (χ3v) is 3.14. The Kier molecular flexibility index (Phi) is 9.26. The van der Waals surface area contributed by atoms with Crippen molar-refractivity contribution in [3.63, 3.8) is 0 Å². The fourth-order valence-electron chi connectivity index (χ4n) is 1.66. The van der Waals surface area contributed by atoms with Gasteiger partial charge >= 0.3 is 0 Å². The van der Waals surface area contributed by atoms with Crippen molar-refractivity contribution in [3.05, 3.63) is 0 Å². The maximum atomic E-state index is 11.6. The maximum absolute atomic E-state index is 11.6. The van der Waals surface area contributed by atoms with Gasteiger partial charge in [0.25, 0.3) is 0 Å². The van der Waals surface area contributed by atoms with Crippen LogP contribution in [0.4, 0.5) is 0 Å². The summed E-state index contributed by atoms with van der Waals surface area (Å²) in [7, 11) is 0. The van der Waals surface area contributed by atoms with E-state index in [2.05, 4.69) is 10.6 Å². The van der Waals surface area contributed by atoms with Crippen molar-refractivity contribution < 1.29 is 9.59 Å². The molecule has 0 rings (SSSR count). The van der Waals surface area contributed by atoms with Crippen molar-refractivity contribution in [3.8, 4) is 0 Å². The first-order valence-electron chi connectivity index (χ1n) is 7.81. The van der Waals surface area contributed by atoms with Gasteiger partial charge in [-0.15, -0.1) is 0 Å². The zero-order chi connectivity index (χ0) is 15.6. The molecule has 4 heteroatoms. The van der Waals surface area contributed by atoms with Gasteiger partial charge < -0.3 is 10.6 Å². The number of amides is 2. The third kappa shape index (κ3) is 9.82. The third-order valence-electron chi connectivity index (χ3n) is 3.14. The molecule has 0 aromatic heterocycles. The van der Waals surface area contributed by atoms with Crippen LogP contribution >= 0.6 is 0 Å². The highest BCUT2D eigenvalue weighted by molar-refractivity contribution is 5.81. The average molecular weight is 284 g/mol. The van der Waals surface area contributed by atoms with Crippen LogP contribution in [0.25, 0.3) is 0 Å². The molecule has 0 atom stereocenters. The van der Waals surface area contributed by atoms with Crippen LogP contribution in [-0.4, -0.2) is 24.9 Å². The summed E-state index contributed by atoms with van der Waals surface area (Å²) in [6, 6.07) is 0. The van der Waals surface area contributed by atoms with E-state index in [4.69, 9.17) is 0 Å². The van der Waals surface area contributed by atoms with Crippen LogP contribution in [0, 0.1) is 11.3 Å². The summed E-state index contributed by atoms with van der Waals surface area (Å²) in [5, 5.41) is 5.88. The zero-order valence-electron chi connectivity index (χ0n) is 13.8. The molecule has 118 valence electrons.